The van der Waals surface area contributed by atoms with Crippen LogP contribution in [0.1, 0.15) is 26.3 Å². The molecule has 0 N–H and O–H groups in total. The highest BCUT2D eigenvalue weighted by molar-refractivity contribution is 6.10. The lowest BCUT2D eigenvalue weighted by Crippen LogP contribution is -2.24. The van der Waals surface area contributed by atoms with Crippen molar-refractivity contribution in [3.8, 4) is 16.9 Å². The molecule has 2 aromatic heterocycles. The third-order valence-electron chi connectivity index (χ3n) is 10.2. The number of pyridine rings is 1. The summed E-state index contributed by atoms with van der Waals surface area (Å²) in [6.45, 7) is 7.47. The lowest BCUT2D eigenvalue weighted by Gasteiger charge is -2.28. The van der Waals surface area contributed by atoms with Gasteiger partial charge in [0, 0.05) is 57.8 Å². The van der Waals surface area contributed by atoms with Gasteiger partial charge in [0.2, 0.25) is 0 Å². The Morgan fingerprint density at radius 3 is 1.91 bits per heavy atom. The standard InChI is InChI=1S/C48H41N5/c1-48(2,3)37-26-27-49-47(31-37)53-45-23-11-10-22-43(45)44-25-24-42(33-46(44)53)52(38-17-8-5-9-18-38)41-21-13-20-40(32-41)51-29-28-50(34-51)39-19-12-16-36(30-39)35-14-6-4-7-15-35/h4-33H,34H2,1-3H3. The number of anilines is 5. The number of nitrogens with zero attached hydrogens (tertiary/aromatic N) is 5. The maximum atomic E-state index is 4.92. The number of aromatic nitrogens is 2. The Morgan fingerprint density at radius 2 is 1.13 bits per heavy atom. The van der Waals surface area contributed by atoms with Crippen LogP contribution in [0.15, 0.2) is 182 Å². The fraction of sp³-hybridized carbons (Fsp3) is 0.104. The summed E-state index contributed by atoms with van der Waals surface area (Å²) in [5.74, 6) is 0.925. The first-order valence-corrected chi connectivity index (χ1v) is 18.2. The zero-order valence-electron chi connectivity index (χ0n) is 30.3. The molecule has 0 unspecified atom stereocenters. The first-order valence-electron chi connectivity index (χ1n) is 18.2. The molecular formula is C48H41N5. The van der Waals surface area contributed by atoms with E-state index in [0.717, 1.165) is 46.3 Å². The van der Waals surface area contributed by atoms with Crippen molar-refractivity contribution in [2.75, 3.05) is 21.4 Å². The van der Waals surface area contributed by atoms with Gasteiger partial charge in [-0.2, -0.15) is 0 Å². The molecule has 5 heteroatoms. The molecule has 5 nitrogen and oxygen atoms in total. The van der Waals surface area contributed by atoms with Gasteiger partial charge in [-0.1, -0.05) is 112 Å². The summed E-state index contributed by atoms with van der Waals surface area (Å²) < 4.78 is 2.32. The molecule has 0 atom stereocenters. The molecule has 1 aliphatic rings. The molecule has 0 aliphatic carbocycles. The Bertz CT molecular complexity index is 2600. The second-order valence-corrected chi connectivity index (χ2v) is 14.7. The van der Waals surface area contributed by atoms with Crippen LogP contribution in [0, 0.1) is 0 Å². The molecule has 8 aromatic rings. The smallest absolute Gasteiger partial charge is 0.137 e. The molecule has 6 aromatic carbocycles. The molecule has 9 rings (SSSR count). The van der Waals surface area contributed by atoms with Crippen molar-refractivity contribution in [2.45, 2.75) is 26.2 Å². The lowest BCUT2D eigenvalue weighted by molar-refractivity contribution is 0.588. The molecule has 3 heterocycles. The van der Waals surface area contributed by atoms with Crippen LogP contribution in [0.3, 0.4) is 0 Å². The van der Waals surface area contributed by atoms with E-state index >= 15 is 0 Å². The molecule has 0 bridgehead atoms. The van der Waals surface area contributed by atoms with Crippen LogP contribution in [0.4, 0.5) is 28.4 Å². The summed E-state index contributed by atoms with van der Waals surface area (Å²) in [6.07, 6.45) is 6.28. The number of para-hydroxylation sites is 2. The quantitative estimate of drug-likeness (QED) is 0.167. The zero-order valence-corrected chi connectivity index (χ0v) is 30.3. The van der Waals surface area contributed by atoms with E-state index in [4.69, 9.17) is 4.98 Å². The summed E-state index contributed by atoms with van der Waals surface area (Å²) in [5, 5.41) is 2.41. The minimum atomic E-state index is 0.00446. The van der Waals surface area contributed by atoms with Crippen molar-refractivity contribution < 1.29 is 0 Å². The minimum absolute atomic E-state index is 0.00446. The minimum Gasteiger partial charge on any atom is -0.328 e. The van der Waals surface area contributed by atoms with E-state index in [1.807, 2.05) is 6.20 Å². The van der Waals surface area contributed by atoms with Gasteiger partial charge < -0.3 is 14.7 Å². The van der Waals surface area contributed by atoms with Gasteiger partial charge in [-0.05, 0) is 94.9 Å². The van der Waals surface area contributed by atoms with E-state index in [9.17, 15) is 0 Å². The predicted molar refractivity (Wildman–Crippen MR) is 223 cm³/mol. The van der Waals surface area contributed by atoms with E-state index in [0.29, 0.717) is 0 Å². The van der Waals surface area contributed by atoms with Gasteiger partial charge in [0.1, 0.15) is 5.82 Å². The highest BCUT2D eigenvalue weighted by atomic mass is 15.3. The number of benzene rings is 6. The summed E-state index contributed by atoms with van der Waals surface area (Å²) in [5.41, 5.74) is 11.5. The van der Waals surface area contributed by atoms with Gasteiger partial charge in [-0.3, -0.25) is 4.57 Å². The molecule has 258 valence electrons. The third kappa shape index (κ3) is 6.10. The van der Waals surface area contributed by atoms with Crippen molar-refractivity contribution in [2.24, 2.45) is 0 Å². The van der Waals surface area contributed by atoms with Crippen LogP contribution in [-0.4, -0.2) is 16.2 Å². The number of hydrogen-bond acceptors (Lipinski definition) is 4. The van der Waals surface area contributed by atoms with Gasteiger partial charge >= 0.3 is 0 Å². The summed E-state index contributed by atoms with van der Waals surface area (Å²) in [7, 11) is 0. The summed E-state index contributed by atoms with van der Waals surface area (Å²) in [6, 6.07) is 58.6. The fourth-order valence-corrected chi connectivity index (χ4v) is 7.44. The molecule has 0 amide bonds. The lowest BCUT2D eigenvalue weighted by atomic mass is 9.88. The van der Waals surface area contributed by atoms with Gasteiger partial charge in [0.25, 0.3) is 0 Å². The molecule has 0 fully saturated rings. The van der Waals surface area contributed by atoms with Crippen molar-refractivity contribution in [1.82, 2.24) is 9.55 Å². The Hall–Kier alpha value is -6.59. The van der Waals surface area contributed by atoms with Crippen LogP contribution >= 0.6 is 0 Å². The van der Waals surface area contributed by atoms with Gasteiger partial charge in [-0.15, -0.1) is 0 Å². The maximum Gasteiger partial charge on any atom is 0.137 e. The molecule has 1 aliphatic heterocycles. The van der Waals surface area contributed by atoms with Crippen molar-refractivity contribution in [3.63, 3.8) is 0 Å². The summed E-state index contributed by atoms with van der Waals surface area (Å²) >= 11 is 0. The van der Waals surface area contributed by atoms with Crippen LogP contribution < -0.4 is 14.7 Å². The predicted octanol–water partition coefficient (Wildman–Crippen LogP) is 12.4. The fourth-order valence-electron chi connectivity index (χ4n) is 7.44. The molecule has 0 spiro atoms. The topological polar surface area (TPSA) is 27.5 Å². The average molecular weight is 688 g/mol. The molecule has 0 radical (unpaired) electrons. The van der Waals surface area contributed by atoms with Gasteiger partial charge in [-0.25, -0.2) is 4.98 Å². The van der Waals surface area contributed by atoms with Crippen molar-refractivity contribution in [3.05, 3.63) is 188 Å². The largest absolute Gasteiger partial charge is 0.328 e. The molecule has 0 saturated heterocycles. The van der Waals surface area contributed by atoms with Crippen molar-refractivity contribution in [1.29, 1.82) is 0 Å². The SMILES string of the molecule is CC(C)(C)c1ccnc(-n2c3ccccc3c3ccc(N(c4ccccc4)c4cccc(N5C=CN(c6cccc(-c7ccccc7)c6)C5)c4)cc32)c1. The van der Waals surface area contributed by atoms with E-state index < -0.39 is 0 Å². The molecular weight excluding hydrogens is 647 g/mol. The third-order valence-corrected chi connectivity index (χ3v) is 10.2. The van der Waals surface area contributed by atoms with E-state index in [2.05, 4.69) is 216 Å². The highest BCUT2D eigenvalue weighted by Gasteiger charge is 2.21. The van der Waals surface area contributed by atoms with Crippen LogP contribution in [0.25, 0.3) is 38.8 Å². The van der Waals surface area contributed by atoms with Crippen LogP contribution in [0.2, 0.25) is 0 Å². The van der Waals surface area contributed by atoms with Gasteiger partial charge in [0.05, 0.1) is 17.7 Å². The Morgan fingerprint density at radius 1 is 0.509 bits per heavy atom. The monoisotopic (exact) mass is 687 g/mol. The number of hydrogen-bond donors (Lipinski definition) is 0. The maximum absolute atomic E-state index is 4.92. The average Bonchev–Trinajstić information content (AvgIpc) is 3.83. The van der Waals surface area contributed by atoms with Crippen molar-refractivity contribution >= 4 is 50.2 Å². The second-order valence-electron chi connectivity index (χ2n) is 14.7. The van der Waals surface area contributed by atoms with Gasteiger partial charge in [0.15, 0.2) is 0 Å². The molecule has 0 saturated carbocycles. The Kier molecular flexibility index (Phi) is 8.04. The van der Waals surface area contributed by atoms with E-state index in [1.165, 1.54) is 33.2 Å². The number of fused-ring (bicyclic) bond motifs is 3. The van der Waals surface area contributed by atoms with Crippen LogP contribution in [-0.2, 0) is 5.41 Å². The zero-order chi connectivity index (χ0) is 35.9. The number of rotatable bonds is 7. The normalized spacial score (nSPS) is 13.0. The Labute approximate surface area is 311 Å². The Balaban J connectivity index is 1.11. The van der Waals surface area contributed by atoms with Crippen LogP contribution in [0.5, 0.6) is 0 Å². The van der Waals surface area contributed by atoms with E-state index in [-0.39, 0.29) is 5.41 Å². The van der Waals surface area contributed by atoms with E-state index in [1.54, 1.807) is 0 Å². The first-order chi connectivity index (χ1) is 25.9. The first kappa shape index (κ1) is 32.3. The second kappa shape index (κ2) is 13.2. The molecule has 53 heavy (non-hydrogen) atoms. The highest BCUT2D eigenvalue weighted by Crippen LogP contribution is 2.41. The summed E-state index contributed by atoms with van der Waals surface area (Å²) in [4.78, 5) is 11.9.